The minimum atomic E-state index is -1.39. The molecule has 9 heteroatoms. The monoisotopic (exact) mass is 378 g/mol. The van der Waals surface area contributed by atoms with Crippen molar-refractivity contribution in [3.05, 3.63) is 27.7 Å². The maximum atomic E-state index is 11.6. The minimum Gasteiger partial charge on any atom is -0.482 e. The normalized spacial score (nSPS) is 11.5. The van der Waals surface area contributed by atoms with Crippen LogP contribution in [0, 0.1) is 0 Å². The molecule has 0 bridgehead atoms. The number of hydrogen-bond donors (Lipinski definition) is 3. The number of nitrogens with two attached hydrogens (primary N) is 1. The Hall–Kier alpha value is -1.80. The third kappa shape index (κ3) is 6.01. The molecule has 0 fully saturated rings. The summed E-state index contributed by atoms with van der Waals surface area (Å²) in [6.07, 6.45) is -0.500. The number of carbonyl (C=O) groups excluding carboxylic acids is 2. The van der Waals surface area contributed by atoms with Gasteiger partial charge in [-0.15, -0.1) is 0 Å². The van der Waals surface area contributed by atoms with Gasteiger partial charge in [-0.05, 0) is 18.2 Å². The summed E-state index contributed by atoms with van der Waals surface area (Å²) in [6, 6.07) is 3.42. The predicted octanol–water partition coefficient (Wildman–Crippen LogP) is 0.926. The fourth-order valence-corrected chi connectivity index (χ4v) is 2.10. The average molecular weight is 380 g/mol. The molecule has 1 aromatic rings. The summed E-state index contributed by atoms with van der Waals surface area (Å²) in [5, 5.41) is 11.3. The zero-order valence-electron chi connectivity index (χ0n) is 10.6. The van der Waals surface area contributed by atoms with E-state index in [1.165, 1.54) is 0 Å². The van der Waals surface area contributed by atoms with E-state index in [4.69, 9.17) is 27.2 Å². The summed E-state index contributed by atoms with van der Waals surface area (Å²) in [7, 11) is 0. The van der Waals surface area contributed by atoms with Gasteiger partial charge in [0.25, 0.3) is 5.91 Å². The Morgan fingerprint density at radius 3 is 2.62 bits per heavy atom. The van der Waals surface area contributed by atoms with E-state index in [-0.39, 0.29) is 5.75 Å². The first-order valence-corrected chi connectivity index (χ1v) is 6.85. The highest BCUT2D eigenvalue weighted by Crippen LogP contribution is 2.27. The Bertz CT molecular complexity index is 567. The van der Waals surface area contributed by atoms with E-state index in [0.717, 1.165) is 4.47 Å². The lowest BCUT2D eigenvalue weighted by Gasteiger charge is -2.13. The largest absolute Gasteiger partial charge is 0.482 e. The molecule has 1 aromatic carbocycles. The van der Waals surface area contributed by atoms with E-state index in [2.05, 4.69) is 21.2 Å². The standard InChI is InChI=1S/C12H12BrClN2O5/c13-6-1-2-9(7(14)3-6)21-5-11(18)16-8(12(19)20)4-10(15)17/h1-3,8H,4-5H2,(H2,15,17)(H,16,18)(H,19,20)/t8-/m1/s1. The Labute approximate surface area is 133 Å². The van der Waals surface area contributed by atoms with E-state index in [1.807, 2.05) is 0 Å². The summed E-state index contributed by atoms with van der Waals surface area (Å²) in [5.74, 6) is -2.62. The molecular weight excluding hydrogens is 367 g/mol. The Kier molecular flexibility index (Phi) is 6.44. The first-order chi connectivity index (χ1) is 9.79. The molecule has 1 atom stereocenters. The number of carbonyl (C=O) groups is 3. The molecule has 0 heterocycles. The van der Waals surface area contributed by atoms with Gasteiger partial charge in [0, 0.05) is 4.47 Å². The highest BCUT2D eigenvalue weighted by Gasteiger charge is 2.22. The molecule has 21 heavy (non-hydrogen) atoms. The lowest BCUT2D eigenvalue weighted by atomic mass is 10.2. The van der Waals surface area contributed by atoms with Crippen molar-refractivity contribution in [2.24, 2.45) is 5.73 Å². The first kappa shape index (κ1) is 17.3. The van der Waals surface area contributed by atoms with E-state index in [1.54, 1.807) is 18.2 Å². The third-order valence-corrected chi connectivity index (χ3v) is 3.08. The van der Waals surface area contributed by atoms with Crippen LogP contribution < -0.4 is 15.8 Å². The van der Waals surface area contributed by atoms with Crippen molar-refractivity contribution in [1.29, 1.82) is 0 Å². The number of amides is 2. The van der Waals surface area contributed by atoms with Gasteiger partial charge in [0.1, 0.15) is 11.8 Å². The predicted molar refractivity (Wildman–Crippen MR) is 78.0 cm³/mol. The van der Waals surface area contributed by atoms with Crippen molar-refractivity contribution in [2.45, 2.75) is 12.5 Å². The van der Waals surface area contributed by atoms with Crippen LogP contribution in [-0.2, 0) is 14.4 Å². The van der Waals surface area contributed by atoms with Gasteiger partial charge >= 0.3 is 5.97 Å². The fraction of sp³-hybridized carbons (Fsp3) is 0.250. The second kappa shape index (κ2) is 7.84. The maximum Gasteiger partial charge on any atom is 0.326 e. The zero-order valence-corrected chi connectivity index (χ0v) is 13.0. The number of nitrogens with one attached hydrogen (secondary N) is 1. The second-order valence-electron chi connectivity index (χ2n) is 3.99. The van der Waals surface area contributed by atoms with Crippen LogP contribution in [0.15, 0.2) is 22.7 Å². The minimum absolute atomic E-state index is 0.275. The number of carboxylic acids is 1. The van der Waals surface area contributed by atoms with Crippen molar-refractivity contribution in [2.75, 3.05) is 6.61 Å². The van der Waals surface area contributed by atoms with Crippen LogP contribution in [0.4, 0.5) is 0 Å². The smallest absolute Gasteiger partial charge is 0.326 e. The summed E-state index contributed by atoms with van der Waals surface area (Å²) < 4.78 is 5.91. The van der Waals surface area contributed by atoms with Gasteiger partial charge in [0.15, 0.2) is 6.61 Å². The molecule has 0 aliphatic heterocycles. The van der Waals surface area contributed by atoms with Crippen LogP contribution in [0.1, 0.15) is 6.42 Å². The van der Waals surface area contributed by atoms with Crippen molar-refractivity contribution in [3.63, 3.8) is 0 Å². The first-order valence-electron chi connectivity index (χ1n) is 5.68. The molecule has 0 saturated carbocycles. The summed E-state index contributed by atoms with van der Waals surface area (Å²) in [4.78, 5) is 33.1. The van der Waals surface area contributed by atoms with Crippen LogP contribution in [0.2, 0.25) is 5.02 Å². The Morgan fingerprint density at radius 2 is 2.10 bits per heavy atom. The van der Waals surface area contributed by atoms with Gasteiger partial charge in [-0.3, -0.25) is 9.59 Å². The van der Waals surface area contributed by atoms with Crippen molar-refractivity contribution >= 4 is 45.3 Å². The Balaban J connectivity index is 2.56. The van der Waals surface area contributed by atoms with Crippen LogP contribution in [0.25, 0.3) is 0 Å². The molecule has 2 amide bonds. The van der Waals surface area contributed by atoms with Crippen LogP contribution in [0.3, 0.4) is 0 Å². The van der Waals surface area contributed by atoms with Crippen LogP contribution in [0.5, 0.6) is 5.75 Å². The van der Waals surface area contributed by atoms with E-state index in [9.17, 15) is 14.4 Å². The summed E-state index contributed by atoms with van der Waals surface area (Å²) in [6.45, 7) is -0.441. The fourth-order valence-electron chi connectivity index (χ4n) is 1.37. The molecule has 0 unspecified atom stereocenters. The highest BCUT2D eigenvalue weighted by molar-refractivity contribution is 9.10. The van der Waals surface area contributed by atoms with Crippen molar-refractivity contribution < 1.29 is 24.2 Å². The average Bonchev–Trinajstić information content (AvgIpc) is 2.36. The lowest BCUT2D eigenvalue weighted by molar-refractivity contribution is -0.143. The molecule has 0 saturated heterocycles. The quantitative estimate of drug-likeness (QED) is 0.651. The summed E-state index contributed by atoms with van der Waals surface area (Å²) in [5.41, 5.74) is 4.90. The zero-order chi connectivity index (χ0) is 16.0. The molecule has 0 aliphatic carbocycles. The number of hydrogen-bond acceptors (Lipinski definition) is 4. The number of benzene rings is 1. The number of aliphatic carboxylic acids is 1. The molecule has 0 aromatic heterocycles. The topological polar surface area (TPSA) is 119 Å². The lowest BCUT2D eigenvalue weighted by Crippen LogP contribution is -2.45. The molecule has 0 spiro atoms. The highest BCUT2D eigenvalue weighted by atomic mass is 79.9. The second-order valence-corrected chi connectivity index (χ2v) is 5.32. The van der Waals surface area contributed by atoms with Gasteiger partial charge in [-0.2, -0.15) is 0 Å². The number of rotatable bonds is 7. The summed E-state index contributed by atoms with van der Waals surface area (Å²) >= 11 is 9.12. The maximum absolute atomic E-state index is 11.6. The van der Waals surface area contributed by atoms with Crippen LogP contribution in [-0.4, -0.2) is 35.5 Å². The van der Waals surface area contributed by atoms with E-state index in [0.29, 0.717) is 5.02 Å². The number of halogens is 2. The van der Waals surface area contributed by atoms with Crippen LogP contribution >= 0.6 is 27.5 Å². The van der Waals surface area contributed by atoms with Gasteiger partial charge in [-0.25, -0.2) is 4.79 Å². The Morgan fingerprint density at radius 1 is 1.43 bits per heavy atom. The van der Waals surface area contributed by atoms with E-state index >= 15 is 0 Å². The SMILES string of the molecule is NC(=O)C[C@@H](NC(=O)COc1ccc(Br)cc1Cl)C(=O)O. The number of ether oxygens (including phenoxy) is 1. The number of primary amides is 1. The molecule has 0 aliphatic rings. The molecule has 114 valence electrons. The van der Waals surface area contributed by atoms with Gasteiger partial charge < -0.3 is 20.9 Å². The number of carboxylic acid groups (broad SMARTS) is 1. The molecule has 0 radical (unpaired) electrons. The third-order valence-electron chi connectivity index (χ3n) is 2.29. The van der Waals surface area contributed by atoms with Crippen molar-refractivity contribution in [1.82, 2.24) is 5.32 Å². The molecular formula is C12H12BrClN2O5. The molecule has 1 rings (SSSR count). The van der Waals surface area contributed by atoms with Gasteiger partial charge in [0.05, 0.1) is 11.4 Å². The van der Waals surface area contributed by atoms with Gasteiger partial charge in [0.2, 0.25) is 5.91 Å². The van der Waals surface area contributed by atoms with Crippen molar-refractivity contribution in [3.8, 4) is 5.75 Å². The van der Waals surface area contributed by atoms with Gasteiger partial charge in [-0.1, -0.05) is 27.5 Å². The molecule has 7 nitrogen and oxygen atoms in total. The van der Waals surface area contributed by atoms with E-state index < -0.39 is 36.9 Å². The molecule has 4 N–H and O–H groups in total.